The molecule has 0 saturated carbocycles. The fraction of sp³-hybridized carbons (Fsp3) is 0.438. The van der Waals surface area contributed by atoms with Crippen LogP contribution in [0.2, 0.25) is 0 Å². The van der Waals surface area contributed by atoms with Crippen LogP contribution in [0.3, 0.4) is 0 Å². The van der Waals surface area contributed by atoms with Crippen LogP contribution in [-0.4, -0.2) is 21.9 Å². The zero-order valence-electron chi connectivity index (χ0n) is 12.1. The Morgan fingerprint density at radius 3 is 2.90 bits per heavy atom. The molecule has 0 radical (unpaired) electrons. The van der Waals surface area contributed by atoms with Gasteiger partial charge in [-0.15, -0.1) is 0 Å². The molecule has 21 heavy (non-hydrogen) atoms. The summed E-state index contributed by atoms with van der Waals surface area (Å²) in [4.78, 5) is 6.87. The van der Waals surface area contributed by atoms with Crippen LogP contribution >= 0.6 is 11.5 Å². The van der Waals surface area contributed by atoms with E-state index in [4.69, 9.17) is 0 Å². The van der Waals surface area contributed by atoms with E-state index in [1.54, 1.807) is 0 Å². The second kappa shape index (κ2) is 6.23. The number of hydrogen-bond acceptors (Lipinski definition) is 5. The van der Waals surface area contributed by atoms with E-state index >= 15 is 0 Å². The number of aryl methyl sites for hydroxylation is 1. The standard InChI is InChI=1S/C16H18N4S/c1-2-15-18-16(21-19-15)20-10-6-9-14(20)13(11-17)12-7-4-3-5-8-12/h3-5,7-8,13-14H,2,6,9-10H2,1H3. The van der Waals surface area contributed by atoms with Crippen LogP contribution in [0.15, 0.2) is 30.3 Å². The Bertz CT molecular complexity index is 631. The normalized spacial score (nSPS) is 19.4. The van der Waals surface area contributed by atoms with Crippen molar-refractivity contribution in [1.82, 2.24) is 9.36 Å². The van der Waals surface area contributed by atoms with Gasteiger partial charge in [0.05, 0.1) is 18.0 Å². The molecule has 1 aliphatic heterocycles. The summed E-state index contributed by atoms with van der Waals surface area (Å²) in [5.74, 6) is 0.788. The molecular formula is C16H18N4S. The lowest BCUT2D eigenvalue weighted by Gasteiger charge is -2.27. The van der Waals surface area contributed by atoms with E-state index in [0.717, 1.165) is 42.3 Å². The minimum Gasteiger partial charge on any atom is -0.342 e. The third kappa shape index (κ3) is 2.77. The lowest BCUT2D eigenvalue weighted by molar-refractivity contribution is 0.610. The van der Waals surface area contributed by atoms with E-state index in [0.29, 0.717) is 0 Å². The summed E-state index contributed by atoms with van der Waals surface area (Å²) in [6, 6.07) is 12.8. The third-order valence-electron chi connectivity index (χ3n) is 4.00. The highest BCUT2D eigenvalue weighted by atomic mass is 32.1. The quantitative estimate of drug-likeness (QED) is 0.868. The second-order valence-electron chi connectivity index (χ2n) is 5.27. The van der Waals surface area contributed by atoms with Crippen molar-refractivity contribution in [2.75, 3.05) is 11.4 Å². The molecule has 1 aliphatic rings. The number of rotatable bonds is 4. The lowest BCUT2D eigenvalue weighted by atomic mass is 9.91. The smallest absolute Gasteiger partial charge is 0.205 e. The van der Waals surface area contributed by atoms with Gasteiger partial charge in [-0.25, -0.2) is 4.98 Å². The molecule has 1 saturated heterocycles. The molecule has 2 aromatic rings. The first kappa shape index (κ1) is 14.0. The third-order valence-corrected chi connectivity index (χ3v) is 4.79. The highest BCUT2D eigenvalue weighted by Gasteiger charge is 2.34. The van der Waals surface area contributed by atoms with Gasteiger partial charge < -0.3 is 4.90 Å². The van der Waals surface area contributed by atoms with Gasteiger partial charge in [-0.05, 0) is 18.4 Å². The zero-order valence-corrected chi connectivity index (χ0v) is 12.9. The van der Waals surface area contributed by atoms with Crippen LogP contribution in [0.25, 0.3) is 0 Å². The molecule has 0 amide bonds. The van der Waals surface area contributed by atoms with Crippen LogP contribution < -0.4 is 4.90 Å². The Hall–Kier alpha value is -1.93. The molecule has 0 bridgehead atoms. The number of hydrogen-bond donors (Lipinski definition) is 0. The van der Waals surface area contributed by atoms with Gasteiger partial charge in [-0.3, -0.25) is 0 Å². The van der Waals surface area contributed by atoms with Gasteiger partial charge in [0.1, 0.15) is 5.82 Å². The number of aromatic nitrogens is 2. The van der Waals surface area contributed by atoms with Crippen molar-refractivity contribution in [1.29, 1.82) is 5.26 Å². The monoisotopic (exact) mass is 298 g/mol. The van der Waals surface area contributed by atoms with E-state index in [-0.39, 0.29) is 12.0 Å². The summed E-state index contributed by atoms with van der Waals surface area (Å²) in [5, 5.41) is 10.6. The van der Waals surface area contributed by atoms with E-state index in [2.05, 4.69) is 27.3 Å². The maximum Gasteiger partial charge on any atom is 0.205 e. The number of anilines is 1. The molecule has 5 heteroatoms. The minimum atomic E-state index is -0.109. The van der Waals surface area contributed by atoms with Crippen molar-refractivity contribution in [3.63, 3.8) is 0 Å². The Labute approximate surface area is 129 Å². The summed E-state index contributed by atoms with van der Waals surface area (Å²) >= 11 is 1.45. The molecule has 2 atom stereocenters. The molecule has 0 aliphatic carbocycles. The van der Waals surface area contributed by atoms with Crippen molar-refractivity contribution in [2.24, 2.45) is 0 Å². The molecule has 1 aromatic carbocycles. The highest BCUT2D eigenvalue weighted by molar-refractivity contribution is 7.09. The van der Waals surface area contributed by atoms with E-state index in [1.165, 1.54) is 11.5 Å². The van der Waals surface area contributed by atoms with Gasteiger partial charge in [0.25, 0.3) is 0 Å². The zero-order chi connectivity index (χ0) is 14.7. The summed E-state index contributed by atoms with van der Waals surface area (Å²) < 4.78 is 4.38. The Kier molecular flexibility index (Phi) is 4.16. The highest BCUT2D eigenvalue weighted by Crippen LogP contribution is 2.35. The Balaban J connectivity index is 1.87. The van der Waals surface area contributed by atoms with E-state index < -0.39 is 0 Å². The second-order valence-corrected chi connectivity index (χ2v) is 6.00. The molecule has 108 valence electrons. The van der Waals surface area contributed by atoms with Gasteiger partial charge in [-0.2, -0.15) is 9.64 Å². The molecule has 4 nitrogen and oxygen atoms in total. The molecule has 2 heterocycles. The number of benzene rings is 1. The van der Waals surface area contributed by atoms with E-state index in [1.807, 2.05) is 30.3 Å². The fourth-order valence-electron chi connectivity index (χ4n) is 2.92. The first-order chi connectivity index (χ1) is 10.3. The van der Waals surface area contributed by atoms with Gasteiger partial charge in [0.15, 0.2) is 0 Å². The molecule has 0 N–H and O–H groups in total. The Morgan fingerprint density at radius 2 is 2.24 bits per heavy atom. The summed E-state index contributed by atoms with van der Waals surface area (Å²) in [6.07, 6.45) is 3.00. The largest absolute Gasteiger partial charge is 0.342 e. The SMILES string of the molecule is CCc1nsc(N2CCCC2C(C#N)c2ccccc2)n1. The van der Waals surface area contributed by atoms with E-state index in [9.17, 15) is 5.26 Å². The van der Waals surface area contributed by atoms with Crippen LogP contribution in [0.1, 0.15) is 37.1 Å². The summed E-state index contributed by atoms with van der Waals surface area (Å²) in [5.41, 5.74) is 1.09. The van der Waals surface area contributed by atoms with Crippen LogP contribution in [0, 0.1) is 11.3 Å². The van der Waals surface area contributed by atoms with Crippen molar-refractivity contribution < 1.29 is 0 Å². The van der Waals surface area contributed by atoms with Crippen LogP contribution in [0.5, 0.6) is 0 Å². The average molecular weight is 298 g/mol. The average Bonchev–Trinajstić information content (AvgIpc) is 3.17. The summed E-state index contributed by atoms with van der Waals surface area (Å²) in [6.45, 7) is 3.03. The van der Waals surface area contributed by atoms with Crippen molar-refractivity contribution in [3.05, 3.63) is 41.7 Å². The van der Waals surface area contributed by atoms with Crippen LogP contribution in [0.4, 0.5) is 5.13 Å². The molecule has 0 spiro atoms. The van der Waals surface area contributed by atoms with Crippen molar-refractivity contribution in [2.45, 2.75) is 38.1 Å². The predicted octanol–water partition coefficient (Wildman–Crippen LogP) is 3.38. The van der Waals surface area contributed by atoms with Gasteiger partial charge in [0, 0.05) is 24.5 Å². The summed E-state index contributed by atoms with van der Waals surface area (Å²) in [7, 11) is 0. The number of nitriles is 1. The molecule has 1 fully saturated rings. The molecular weight excluding hydrogens is 280 g/mol. The Morgan fingerprint density at radius 1 is 1.43 bits per heavy atom. The van der Waals surface area contributed by atoms with Crippen LogP contribution in [-0.2, 0) is 6.42 Å². The van der Waals surface area contributed by atoms with Gasteiger partial charge in [-0.1, -0.05) is 37.3 Å². The minimum absolute atomic E-state index is 0.109. The molecule has 1 aromatic heterocycles. The molecule has 3 rings (SSSR count). The number of nitrogens with zero attached hydrogens (tertiary/aromatic N) is 4. The maximum atomic E-state index is 9.65. The fourth-order valence-corrected chi connectivity index (χ4v) is 3.76. The topological polar surface area (TPSA) is 52.8 Å². The first-order valence-corrected chi connectivity index (χ1v) is 8.14. The van der Waals surface area contributed by atoms with Crippen molar-refractivity contribution in [3.8, 4) is 6.07 Å². The predicted molar refractivity (Wildman–Crippen MR) is 84.5 cm³/mol. The maximum absolute atomic E-state index is 9.65. The van der Waals surface area contributed by atoms with Crippen molar-refractivity contribution >= 4 is 16.7 Å². The van der Waals surface area contributed by atoms with Gasteiger partial charge >= 0.3 is 0 Å². The molecule has 2 unspecified atom stereocenters. The van der Waals surface area contributed by atoms with Gasteiger partial charge in [0.2, 0.25) is 5.13 Å². The lowest BCUT2D eigenvalue weighted by Crippen LogP contribution is -2.34. The first-order valence-electron chi connectivity index (χ1n) is 7.37.